The minimum atomic E-state index is 0.601. The fourth-order valence-electron chi connectivity index (χ4n) is 4.40. The molecule has 25 heavy (non-hydrogen) atoms. The molecule has 3 heterocycles. The minimum absolute atomic E-state index is 0.601. The van der Waals surface area contributed by atoms with Crippen molar-refractivity contribution < 1.29 is 0 Å². The van der Waals surface area contributed by atoms with E-state index in [1.165, 1.54) is 64.2 Å². The lowest BCUT2D eigenvalue weighted by Gasteiger charge is -2.29. The zero-order chi connectivity index (χ0) is 16.9. The molecule has 3 aliphatic rings. The molecule has 0 bridgehead atoms. The monoisotopic (exact) mass is 344 g/mol. The third-order valence-corrected chi connectivity index (χ3v) is 5.90. The molecule has 0 atom stereocenters. The first-order valence-corrected chi connectivity index (χ1v) is 10.4. The number of guanidine groups is 1. The molecule has 6 heteroatoms. The average molecular weight is 345 g/mol. The van der Waals surface area contributed by atoms with Crippen LogP contribution in [0.5, 0.6) is 0 Å². The van der Waals surface area contributed by atoms with E-state index in [0.717, 1.165) is 43.7 Å². The number of aromatic nitrogens is 3. The second-order valence-electron chi connectivity index (χ2n) is 7.81. The van der Waals surface area contributed by atoms with Gasteiger partial charge >= 0.3 is 0 Å². The van der Waals surface area contributed by atoms with Gasteiger partial charge in [0, 0.05) is 32.1 Å². The molecule has 0 aromatic carbocycles. The summed E-state index contributed by atoms with van der Waals surface area (Å²) in [6.45, 7) is 3.98. The Bertz CT molecular complexity index is 581. The van der Waals surface area contributed by atoms with E-state index < -0.39 is 0 Å². The summed E-state index contributed by atoms with van der Waals surface area (Å²) in [5, 5.41) is 12.6. The number of nitrogens with one attached hydrogen (secondary N) is 1. The fraction of sp³-hybridized carbons (Fsp3) is 0.842. The van der Waals surface area contributed by atoms with Crippen LogP contribution in [0.3, 0.4) is 0 Å². The summed E-state index contributed by atoms with van der Waals surface area (Å²) in [6.07, 6.45) is 14.1. The zero-order valence-electron chi connectivity index (χ0n) is 15.4. The van der Waals surface area contributed by atoms with Crippen molar-refractivity contribution >= 4 is 5.96 Å². The average Bonchev–Trinajstić information content (AvgIpc) is 3.25. The Labute approximate surface area is 151 Å². The van der Waals surface area contributed by atoms with Gasteiger partial charge in [-0.3, -0.25) is 0 Å². The van der Waals surface area contributed by atoms with Gasteiger partial charge in [0.05, 0.1) is 0 Å². The maximum Gasteiger partial charge on any atom is 0.194 e. The van der Waals surface area contributed by atoms with Crippen LogP contribution in [-0.2, 0) is 19.5 Å². The maximum atomic E-state index is 4.99. The maximum absolute atomic E-state index is 4.99. The Kier molecular flexibility index (Phi) is 5.52. The lowest BCUT2D eigenvalue weighted by molar-refractivity contribution is 0.389. The molecule has 0 unspecified atom stereocenters. The van der Waals surface area contributed by atoms with Crippen LogP contribution >= 0.6 is 0 Å². The predicted octanol–water partition coefficient (Wildman–Crippen LogP) is 2.88. The SMILES string of the molecule is C1CCC(NC(=NCc2nnc3n2CCCCC3)N2CCCC2)CC1. The lowest BCUT2D eigenvalue weighted by atomic mass is 9.96. The van der Waals surface area contributed by atoms with Gasteiger partial charge in [0.15, 0.2) is 11.8 Å². The third kappa shape index (κ3) is 4.15. The van der Waals surface area contributed by atoms with E-state index in [0.29, 0.717) is 12.6 Å². The highest BCUT2D eigenvalue weighted by Gasteiger charge is 2.21. The summed E-state index contributed by atoms with van der Waals surface area (Å²) in [4.78, 5) is 7.43. The van der Waals surface area contributed by atoms with E-state index in [1.54, 1.807) is 0 Å². The molecular weight excluding hydrogens is 312 g/mol. The minimum Gasteiger partial charge on any atom is -0.353 e. The molecule has 2 fully saturated rings. The van der Waals surface area contributed by atoms with Crippen molar-refractivity contribution in [2.75, 3.05) is 13.1 Å². The van der Waals surface area contributed by atoms with Crippen LogP contribution in [-0.4, -0.2) is 44.8 Å². The van der Waals surface area contributed by atoms with Crippen LogP contribution in [0.4, 0.5) is 0 Å². The third-order valence-electron chi connectivity index (χ3n) is 5.90. The first-order valence-electron chi connectivity index (χ1n) is 10.4. The normalized spacial score (nSPS) is 22.7. The molecule has 1 saturated heterocycles. The summed E-state index contributed by atoms with van der Waals surface area (Å²) in [7, 11) is 0. The first kappa shape index (κ1) is 16.9. The Hall–Kier alpha value is -1.59. The van der Waals surface area contributed by atoms with Crippen molar-refractivity contribution in [2.24, 2.45) is 4.99 Å². The largest absolute Gasteiger partial charge is 0.353 e. The van der Waals surface area contributed by atoms with Crippen molar-refractivity contribution in [3.05, 3.63) is 11.6 Å². The Balaban J connectivity index is 1.47. The van der Waals surface area contributed by atoms with Crippen molar-refractivity contribution in [1.29, 1.82) is 0 Å². The van der Waals surface area contributed by atoms with Gasteiger partial charge in [0.1, 0.15) is 12.4 Å². The van der Waals surface area contributed by atoms with Gasteiger partial charge in [-0.05, 0) is 38.5 Å². The number of fused-ring (bicyclic) bond motifs is 1. The molecule has 1 aromatic heterocycles. The van der Waals surface area contributed by atoms with E-state index >= 15 is 0 Å². The Morgan fingerprint density at radius 3 is 2.52 bits per heavy atom. The quantitative estimate of drug-likeness (QED) is 0.677. The Morgan fingerprint density at radius 2 is 1.68 bits per heavy atom. The summed E-state index contributed by atoms with van der Waals surface area (Å²) in [6, 6.07) is 0.601. The highest BCUT2D eigenvalue weighted by molar-refractivity contribution is 5.80. The number of hydrogen-bond acceptors (Lipinski definition) is 3. The van der Waals surface area contributed by atoms with Gasteiger partial charge in [-0.15, -0.1) is 10.2 Å². The molecule has 6 nitrogen and oxygen atoms in total. The number of rotatable bonds is 3. The summed E-state index contributed by atoms with van der Waals surface area (Å²) < 4.78 is 2.32. The summed E-state index contributed by atoms with van der Waals surface area (Å²) >= 11 is 0. The van der Waals surface area contributed by atoms with Crippen LogP contribution in [0.2, 0.25) is 0 Å². The van der Waals surface area contributed by atoms with Crippen LogP contribution in [0.15, 0.2) is 4.99 Å². The van der Waals surface area contributed by atoms with Crippen molar-refractivity contribution in [2.45, 2.75) is 89.8 Å². The fourth-order valence-corrected chi connectivity index (χ4v) is 4.40. The van der Waals surface area contributed by atoms with Crippen LogP contribution in [0, 0.1) is 0 Å². The van der Waals surface area contributed by atoms with Gasteiger partial charge in [-0.2, -0.15) is 0 Å². The second kappa shape index (κ2) is 8.19. The summed E-state index contributed by atoms with van der Waals surface area (Å²) in [5.74, 6) is 3.31. The highest BCUT2D eigenvalue weighted by atomic mass is 15.3. The molecule has 4 rings (SSSR count). The van der Waals surface area contributed by atoms with Crippen molar-refractivity contribution in [3.8, 4) is 0 Å². The number of hydrogen-bond donors (Lipinski definition) is 1. The molecule has 1 aromatic rings. The van der Waals surface area contributed by atoms with Crippen LogP contribution in [0.25, 0.3) is 0 Å². The van der Waals surface area contributed by atoms with Gasteiger partial charge in [0.25, 0.3) is 0 Å². The van der Waals surface area contributed by atoms with Gasteiger partial charge in [-0.1, -0.05) is 25.7 Å². The van der Waals surface area contributed by atoms with E-state index in [-0.39, 0.29) is 0 Å². The van der Waals surface area contributed by atoms with E-state index in [2.05, 4.69) is 25.0 Å². The van der Waals surface area contributed by atoms with Crippen molar-refractivity contribution in [1.82, 2.24) is 25.0 Å². The van der Waals surface area contributed by atoms with E-state index in [4.69, 9.17) is 4.99 Å². The lowest BCUT2D eigenvalue weighted by Crippen LogP contribution is -2.45. The number of aryl methyl sites for hydroxylation is 1. The first-order chi connectivity index (χ1) is 12.4. The van der Waals surface area contributed by atoms with Gasteiger partial charge in [-0.25, -0.2) is 4.99 Å². The number of nitrogens with zero attached hydrogens (tertiary/aromatic N) is 5. The van der Waals surface area contributed by atoms with E-state index in [1.807, 2.05) is 0 Å². The zero-order valence-corrected chi connectivity index (χ0v) is 15.4. The smallest absolute Gasteiger partial charge is 0.194 e. The van der Waals surface area contributed by atoms with Crippen molar-refractivity contribution in [3.63, 3.8) is 0 Å². The standard InChI is InChI=1S/C19H32N6/c1-3-9-16(10-4-1)21-19(24-12-7-8-13-24)20-15-18-23-22-17-11-5-2-6-14-25(17)18/h16H,1-15H2,(H,20,21). The molecule has 1 N–H and O–H groups in total. The second-order valence-corrected chi connectivity index (χ2v) is 7.81. The van der Waals surface area contributed by atoms with E-state index in [9.17, 15) is 0 Å². The molecule has 138 valence electrons. The molecule has 0 spiro atoms. The van der Waals surface area contributed by atoms with Gasteiger partial charge in [0.2, 0.25) is 0 Å². The molecule has 1 saturated carbocycles. The van der Waals surface area contributed by atoms with Gasteiger partial charge < -0.3 is 14.8 Å². The molecule has 0 radical (unpaired) electrons. The number of likely N-dealkylation sites (tertiary alicyclic amines) is 1. The molecule has 1 aliphatic carbocycles. The molecule has 2 aliphatic heterocycles. The highest BCUT2D eigenvalue weighted by Crippen LogP contribution is 2.19. The molecular formula is C19H32N6. The topological polar surface area (TPSA) is 58.3 Å². The van der Waals surface area contributed by atoms with Crippen LogP contribution in [0.1, 0.15) is 75.9 Å². The predicted molar refractivity (Wildman–Crippen MR) is 99.5 cm³/mol. The van der Waals surface area contributed by atoms with Crippen LogP contribution < -0.4 is 5.32 Å². The Morgan fingerprint density at radius 1 is 0.920 bits per heavy atom. The number of aliphatic imine (C=N–C) groups is 1. The molecule has 0 amide bonds. The summed E-state index contributed by atoms with van der Waals surface area (Å²) in [5.41, 5.74) is 0.